The first-order valence-electron chi connectivity index (χ1n) is 9.00. The summed E-state index contributed by atoms with van der Waals surface area (Å²) in [5.74, 6) is 0.691. The number of piperidine rings is 1. The Morgan fingerprint density at radius 3 is 3.00 bits per heavy atom. The van der Waals surface area contributed by atoms with E-state index in [1.807, 2.05) is 32.2 Å². The van der Waals surface area contributed by atoms with E-state index in [2.05, 4.69) is 21.3 Å². The number of aromatic nitrogens is 3. The topological polar surface area (TPSA) is 87.2 Å². The number of hydrogen-bond donors (Lipinski definition) is 1. The van der Waals surface area contributed by atoms with Gasteiger partial charge < -0.3 is 9.84 Å². The standard InChI is InChI=1S/C19H25N5O2/c1-15(2)24-13-18(21-22-24)19(25)7-4-8-23(14-19)9-10-26-17-6-3-5-16(11-17)12-20/h3,5-6,11,13,15,25H,4,7-10,14H2,1-2H3/t19-/m0/s1. The molecule has 0 aliphatic carbocycles. The van der Waals surface area contributed by atoms with Crippen LogP contribution < -0.4 is 4.74 Å². The summed E-state index contributed by atoms with van der Waals surface area (Å²) in [5, 5.41) is 28.3. The van der Waals surface area contributed by atoms with Gasteiger partial charge in [0, 0.05) is 19.1 Å². The van der Waals surface area contributed by atoms with Gasteiger partial charge in [-0.05, 0) is 51.4 Å². The first kappa shape index (κ1) is 18.4. The average molecular weight is 355 g/mol. The molecule has 1 N–H and O–H groups in total. The third-order valence-corrected chi connectivity index (χ3v) is 4.71. The van der Waals surface area contributed by atoms with Crippen molar-refractivity contribution in [1.29, 1.82) is 5.26 Å². The van der Waals surface area contributed by atoms with Crippen molar-refractivity contribution in [2.45, 2.75) is 38.3 Å². The zero-order valence-electron chi connectivity index (χ0n) is 15.3. The van der Waals surface area contributed by atoms with Gasteiger partial charge in [0.25, 0.3) is 0 Å². The molecule has 0 radical (unpaired) electrons. The van der Waals surface area contributed by atoms with Crippen molar-refractivity contribution in [3.05, 3.63) is 41.7 Å². The smallest absolute Gasteiger partial charge is 0.123 e. The van der Waals surface area contributed by atoms with Crippen LogP contribution in [-0.2, 0) is 5.60 Å². The van der Waals surface area contributed by atoms with Gasteiger partial charge in [-0.3, -0.25) is 4.90 Å². The summed E-state index contributed by atoms with van der Waals surface area (Å²) in [5.41, 5.74) is 0.258. The summed E-state index contributed by atoms with van der Waals surface area (Å²) in [6.45, 7) is 6.72. The van der Waals surface area contributed by atoms with E-state index < -0.39 is 5.60 Å². The predicted octanol–water partition coefficient (Wildman–Crippen LogP) is 2.09. The maximum atomic E-state index is 11.1. The van der Waals surface area contributed by atoms with Gasteiger partial charge in [-0.2, -0.15) is 5.26 Å². The second kappa shape index (κ2) is 7.85. The number of rotatable bonds is 6. The fourth-order valence-electron chi connectivity index (χ4n) is 3.21. The van der Waals surface area contributed by atoms with Crippen molar-refractivity contribution >= 4 is 0 Å². The zero-order chi connectivity index (χ0) is 18.6. The van der Waals surface area contributed by atoms with Crippen molar-refractivity contribution in [2.75, 3.05) is 26.2 Å². The Kier molecular flexibility index (Phi) is 5.55. The molecule has 3 rings (SSSR count). The molecule has 2 heterocycles. The molecule has 138 valence electrons. The lowest BCUT2D eigenvalue weighted by Crippen LogP contribution is -2.47. The molecule has 1 aliphatic heterocycles. The Labute approximate surface area is 153 Å². The van der Waals surface area contributed by atoms with Crippen LogP contribution in [0.4, 0.5) is 0 Å². The lowest BCUT2D eigenvalue weighted by Gasteiger charge is -2.37. The lowest BCUT2D eigenvalue weighted by atomic mass is 9.90. The maximum Gasteiger partial charge on any atom is 0.123 e. The molecule has 1 aliphatic rings. The van der Waals surface area contributed by atoms with E-state index in [4.69, 9.17) is 10.00 Å². The van der Waals surface area contributed by atoms with Gasteiger partial charge >= 0.3 is 0 Å². The summed E-state index contributed by atoms with van der Waals surface area (Å²) in [6.07, 6.45) is 3.43. The molecular formula is C19H25N5O2. The molecule has 0 amide bonds. The molecule has 7 heteroatoms. The van der Waals surface area contributed by atoms with E-state index in [9.17, 15) is 5.11 Å². The van der Waals surface area contributed by atoms with E-state index in [0.29, 0.717) is 43.1 Å². The average Bonchev–Trinajstić information content (AvgIpc) is 3.13. The molecule has 1 saturated heterocycles. The zero-order valence-corrected chi connectivity index (χ0v) is 15.3. The molecule has 1 aromatic heterocycles. The van der Waals surface area contributed by atoms with Crippen molar-refractivity contribution in [2.24, 2.45) is 0 Å². The fraction of sp³-hybridized carbons (Fsp3) is 0.526. The minimum atomic E-state index is -0.966. The van der Waals surface area contributed by atoms with Crippen molar-refractivity contribution in [1.82, 2.24) is 19.9 Å². The molecule has 1 atom stereocenters. The summed E-state index contributed by atoms with van der Waals surface area (Å²) in [4.78, 5) is 2.19. The monoisotopic (exact) mass is 355 g/mol. The van der Waals surface area contributed by atoms with Crippen LogP contribution in [0.1, 0.15) is 44.0 Å². The summed E-state index contributed by atoms with van der Waals surface area (Å²) in [7, 11) is 0. The van der Waals surface area contributed by atoms with Gasteiger partial charge in [-0.15, -0.1) is 5.10 Å². The van der Waals surface area contributed by atoms with Crippen LogP contribution in [0.5, 0.6) is 5.75 Å². The number of hydrogen-bond acceptors (Lipinski definition) is 6. The van der Waals surface area contributed by atoms with Crippen molar-refractivity contribution in [3.8, 4) is 11.8 Å². The van der Waals surface area contributed by atoms with Crippen LogP contribution in [-0.4, -0.2) is 51.2 Å². The number of aliphatic hydroxyl groups is 1. The Hall–Kier alpha value is -2.43. The molecule has 7 nitrogen and oxygen atoms in total. The number of ether oxygens (including phenoxy) is 1. The Morgan fingerprint density at radius 1 is 1.42 bits per heavy atom. The summed E-state index contributed by atoms with van der Waals surface area (Å²) < 4.78 is 7.53. The molecule has 0 spiro atoms. The second-order valence-electron chi connectivity index (χ2n) is 7.08. The highest BCUT2D eigenvalue weighted by molar-refractivity contribution is 5.36. The summed E-state index contributed by atoms with van der Waals surface area (Å²) in [6, 6.07) is 9.47. The normalized spacial score (nSPS) is 20.9. The van der Waals surface area contributed by atoms with E-state index >= 15 is 0 Å². The number of benzene rings is 1. The number of nitriles is 1. The first-order valence-corrected chi connectivity index (χ1v) is 9.00. The lowest BCUT2D eigenvalue weighted by molar-refractivity contribution is -0.0413. The van der Waals surface area contributed by atoms with Crippen LogP contribution in [0, 0.1) is 11.3 Å². The molecule has 0 saturated carbocycles. The Bertz CT molecular complexity index is 782. The fourth-order valence-corrected chi connectivity index (χ4v) is 3.21. The SMILES string of the molecule is CC(C)n1cc([C@]2(O)CCCN(CCOc3cccc(C#N)c3)C2)nn1. The van der Waals surface area contributed by atoms with Gasteiger partial charge in [-0.25, -0.2) is 4.68 Å². The van der Waals surface area contributed by atoms with Crippen LogP contribution in [0.3, 0.4) is 0 Å². The van der Waals surface area contributed by atoms with Crippen LogP contribution in [0.25, 0.3) is 0 Å². The highest BCUT2D eigenvalue weighted by Gasteiger charge is 2.37. The highest BCUT2D eigenvalue weighted by atomic mass is 16.5. The van der Waals surface area contributed by atoms with Gasteiger partial charge in [0.05, 0.1) is 17.8 Å². The first-order chi connectivity index (χ1) is 12.5. The Balaban J connectivity index is 1.56. The number of nitrogens with zero attached hydrogens (tertiary/aromatic N) is 5. The molecule has 1 aromatic carbocycles. The van der Waals surface area contributed by atoms with E-state index in [0.717, 1.165) is 13.0 Å². The molecule has 0 bridgehead atoms. The molecule has 2 aromatic rings. The molecule has 26 heavy (non-hydrogen) atoms. The number of β-amino-alcohol motifs (C(OH)–C–C–N with tert-alkyl or cyclic N) is 1. The Morgan fingerprint density at radius 2 is 2.27 bits per heavy atom. The van der Waals surface area contributed by atoms with E-state index in [-0.39, 0.29) is 6.04 Å². The third-order valence-electron chi connectivity index (χ3n) is 4.71. The van der Waals surface area contributed by atoms with Crippen LogP contribution in [0.15, 0.2) is 30.5 Å². The highest BCUT2D eigenvalue weighted by Crippen LogP contribution is 2.30. The second-order valence-corrected chi connectivity index (χ2v) is 7.08. The third kappa shape index (κ3) is 4.21. The van der Waals surface area contributed by atoms with E-state index in [1.54, 1.807) is 16.8 Å². The predicted molar refractivity (Wildman–Crippen MR) is 96.6 cm³/mol. The minimum absolute atomic E-state index is 0.220. The van der Waals surface area contributed by atoms with Crippen molar-refractivity contribution < 1.29 is 9.84 Å². The van der Waals surface area contributed by atoms with Gasteiger partial charge in [-0.1, -0.05) is 11.3 Å². The van der Waals surface area contributed by atoms with Gasteiger partial charge in [0.1, 0.15) is 23.7 Å². The van der Waals surface area contributed by atoms with Gasteiger partial charge in [0.15, 0.2) is 0 Å². The van der Waals surface area contributed by atoms with Crippen LogP contribution in [0.2, 0.25) is 0 Å². The summed E-state index contributed by atoms with van der Waals surface area (Å²) >= 11 is 0. The maximum absolute atomic E-state index is 11.1. The largest absolute Gasteiger partial charge is 0.492 e. The quantitative estimate of drug-likeness (QED) is 0.854. The van der Waals surface area contributed by atoms with E-state index in [1.165, 1.54) is 0 Å². The van der Waals surface area contributed by atoms with Crippen molar-refractivity contribution in [3.63, 3.8) is 0 Å². The van der Waals surface area contributed by atoms with Gasteiger partial charge in [0.2, 0.25) is 0 Å². The van der Waals surface area contributed by atoms with Crippen LogP contribution >= 0.6 is 0 Å². The molecule has 0 unspecified atom stereocenters. The molecular weight excluding hydrogens is 330 g/mol. The number of likely N-dealkylation sites (tertiary alicyclic amines) is 1. The minimum Gasteiger partial charge on any atom is -0.492 e. The molecule has 1 fully saturated rings.